The number of hydrogen-bond donors (Lipinski definition) is 1. The number of likely N-dealkylation sites (N-methyl/N-ethyl adjacent to an activating group) is 1. The van der Waals surface area contributed by atoms with E-state index in [1.165, 1.54) is 29.1 Å². The molecular weight excluding hydrogens is 551 g/mol. The summed E-state index contributed by atoms with van der Waals surface area (Å²) in [4.78, 5) is 9.20. The summed E-state index contributed by atoms with van der Waals surface area (Å²) in [6.07, 6.45) is 3.95. The number of aromatic nitrogens is 3. The van der Waals surface area contributed by atoms with Crippen LogP contribution in [0.4, 0.5) is 10.1 Å². The van der Waals surface area contributed by atoms with Gasteiger partial charge >= 0.3 is 0 Å². The molecule has 0 atom stereocenters. The summed E-state index contributed by atoms with van der Waals surface area (Å²) in [7, 11) is 1.33. The van der Waals surface area contributed by atoms with Crippen LogP contribution < -0.4 is 18.9 Å². The van der Waals surface area contributed by atoms with Crippen LogP contribution in [0.15, 0.2) is 59.9 Å². The van der Waals surface area contributed by atoms with Gasteiger partial charge in [-0.2, -0.15) is 13.5 Å². The van der Waals surface area contributed by atoms with E-state index in [4.69, 9.17) is 14.2 Å². The number of ether oxygens (including phenoxy) is 3. The van der Waals surface area contributed by atoms with Gasteiger partial charge in [0.25, 0.3) is 10.0 Å². The normalized spacial score (nSPS) is 14.7. The van der Waals surface area contributed by atoms with E-state index in [-0.39, 0.29) is 16.5 Å². The Hall–Kier alpha value is -3.94. The zero-order valence-corrected chi connectivity index (χ0v) is 24.0. The van der Waals surface area contributed by atoms with Gasteiger partial charge in [-0.25, -0.2) is 4.39 Å². The number of nitrogens with one attached hydrogen (secondary N) is 1. The first kappa shape index (κ1) is 28.6. The molecule has 1 aliphatic heterocycles. The molecule has 0 aliphatic carbocycles. The van der Waals surface area contributed by atoms with Gasteiger partial charge < -0.3 is 24.0 Å². The fraction of sp³-hybridized carbons (Fsp3) is 0.357. The van der Waals surface area contributed by atoms with Crippen LogP contribution in [-0.2, 0) is 17.1 Å². The Labute approximate surface area is 238 Å². The van der Waals surface area contributed by atoms with Crippen LogP contribution in [0.1, 0.15) is 6.42 Å². The number of halogens is 1. The van der Waals surface area contributed by atoms with Crippen LogP contribution in [0.2, 0.25) is 0 Å². The molecule has 1 aliphatic rings. The summed E-state index contributed by atoms with van der Waals surface area (Å²) in [6.45, 7) is 5.78. The Kier molecular flexibility index (Phi) is 8.57. The summed E-state index contributed by atoms with van der Waals surface area (Å²) in [5.41, 5.74) is 0.633. The van der Waals surface area contributed by atoms with Crippen LogP contribution >= 0.6 is 0 Å². The largest absolute Gasteiger partial charge is 0.493 e. The van der Waals surface area contributed by atoms with E-state index in [1.54, 1.807) is 38.6 Å². The Morgan fingerprint density at radius 1 is 0.976 bits per heavy atom. The van der Waals surface area contributed by atoms with Crippen molar-refractivity contribution in [2.45, 2.75) is 11.4 Å². The molecule has 1 N–H and O–H groups in total. The standard InChI is InChI=1S/C28H33FN6O5S/c1-33-12-14-35(15-13-33)10-4-16-39-27-19-23-21(18-26(27)38-3)24(7-9-30-23)40-25-6-5-20(17-22(25)29)32-41(36,37)28-8-11-34(2)31-28/h5-9,11,17-19,32H,4,10,12-16H2,1-3H3. The quantitative estimate of drug-likeness (QED) is 0.264. The summed E-state index contributed by atoms with van der Waals surface area (Å²) < 4.78 is 61.3. The molecule has 1 fully saturated rings. The molecule has 5 rings (SSSR count). The fourth-order valence-corrected chi connectivity index (χ4v) is 5.56. The second-order valence-corrected chi connectivity index (χ2v) is 11.5. The van der Waals surface area contributed by atoms with Crippen LogP contribution in [0.5, 0.6) is 23.0 Å². The first-order valence-corrected chi connectivity index (χ1v) is 14.7. The number of anilines is 1. The van der Waals surface area contributed by atoms with Crippen LogP contribution in [0, 0.1) is 5.82 Å². The van der Waals surface area contributed by atoms with Gasteiger partial charge in [0.2, 0.25) is 0 Å². The summed E-state index contributed by atoms with van der Waals surface area (Å²) in [6, 6.07) is 10.3. The third kappa shape index (κ3) is 6.87. The molecule has 0 radical (unpaired) electrons. The summed E-state index contributed by atoms with van der Waals surface area (Å²) in [5, 5.41) is 4.32. The highest BCUT2D eigenvalue weighted by Gasteiger charge is 2.19. The van der Waals surface area contributed by atoms with E-state index in [0.29, 0.717) is 34.8 Å². The topological polar surface area (TPSA) is 111 Å². The zero-order valence-electron chi connectivity index (χ0n) is 23.2. The van der Waals surface area contributed by atoms with Crippen LogP contribution in [-0.4, -0.2) is 86.5 Å². The van der Waals surface area contributed by atoms with Gasteiger partial charge in [0.05, 0.1) is 24.9 Å². The lowest BCUT2D eigenvalue weighted by Gasteiger charge is -2.32. The molecule has 0 bridgehead atoms. The number of methoxy groups -OCH3 is 1. The fourth-order valence-electron chi connectivity index (χ4n) is 4.54. The van der Waals surface area contributed by atoms with E-state index in [0.717, 1.165) is 45.2 Å². The van der Waals surface area contributed by atoms with Gasteiger partial charge in [0.1, 0.15) is 5.75 Å². The van der Waals surface area contributed by atoms with Crippen molar-refractivity contribution in [2.75, 3.05) is 58.2 Å². The third-order valence-electron chi connectivity index (χ3n) is 6.83. The second kappa shape index (κ2) is 12.3. The van der Waals surface area contributed by atoms with Crippen molar-refractivity contribution < 1.29 is 27.0 Å². The van der Waals surface area contributed by atoms with Gasteiger partial charge in [-0.15, -0.1) is 0 Å². The van der Waals surface area contributed by atoms with Gasteiger partial charge in [0.15, 0.2) is 28.1 Å². The number of piperazine rings is 1. The predicted octanol–water partition coefficient (Wildman–Crippen LogP) is 3.73. The highest BCUT2D eigenvalue weighted by Crippen LogP contribution is 2.38. The lowest BCUT2D eigenvalue weighted by Crippen LogP contribution is -2.44. The molecule has 2 aromatic carbocycles. The minimum Gasteiger partial charge on any atom is -0.493 e. The minimum absolute atomic E-state index is 0.0381. The molecule has 13 heteroatoms. The zero-order chi connectivity index (χ0) is 29.0. The highest BCUT2D eigenvalue weighted by atomic mass is 32.2. The summed E-state index contributed by atoms with van der Waals surface area (Å²) >= 11 is 0. The second-order valence-electron chi connectivity index (χ2n) is 9.86. The first-order valence-electron chi connectivity index (χ1n) is 13.2. The molecule has 1 saturated heterocycles. The number of rotatable bonds is 11. The molecule has 0 saturated carbocycles. The third-order valence-corrected chi connectivity index (χ3v) is 8.10. The molecule has 2 aromatic heterocycles. The molecule has 218 valence electrons. The number of nitrogens with zero attached hydrogens (tertiary/aromatic N) is 5. The number of aryl methyl sites for hydroxylation is 1. The molecule has 3 heterocycles. The van der Waals surface area contributed by atoms with Crippen LogP contribution in [0.25, 0.3) is 10.9 Å². The lowest BCUT2D eigenvalue weighted by atomic mass is 10.1. The SMILES string of the molecule is COc1cc2c(Oc3ccc(NS(=O)(=O)c4ccn(C)n4)cc3F)ccnc2cc1OCCCN1CCN(C)CC1. The molecule has 0 spiro atoms. The average Bonchev–Trinajstić information content (AvgIpc) is 3.40. The highest BCUT2D eigenvalue weighted by molar-refractivity contribution is 7.92. The Bertz CT molecular complexity index is 1620. The predicted molar refractivity (Wildman–Crippen MR) is 153 cm³/mol. The molecule has 0 amide bonds. The van der Waals surface area contributed by atoms with Crippen molar-refractivity contribution in [2.24, 2.45) is 7.05 Å². The van der Waals surface area contributed by atoms with Crippen molar-refractivity contribution >= 4 is 26.6 Å². The minimum atomic E-state index is -3.97. The number of benzene rings is 2. The molecular formula is C28H33FN6O5S. The van der Waals surface area contributed by atoms with E-state index in [1.807, 2.05) is 0 Å². The van der Waals surface area contributed by atoms with Crippen molar-refractivity contribution in [3.8, 4) is 23.0 Å². The Balaban J connectivity index is 1.27. The molecule has 11 nitrogen and oxygen atoms in total. The van der Waals surface area contributed by atoms with Gasteiger partial charge in [-0.05, 0) is 43.8 Å². The maximum absolute atomic E-state index is 15.0. The average molecular weight is 585 g/mol. The first-order chi connectivity index (χ1) is 19.7. The van der Waals surface area contributed by atoms with E-state index < -0.39 is 15.8 Å². The summed E-state index contributed by atoms with van der Waals surface area (Å²) in [5.74, 6) is 0.606. The monoisotopic (exact) mass is 584 g/mol. The maximum atomic E-state index is 15.0. The molecule has 0 unspecified atom stereocenters. The van der Waals surface area contributed by atoms with Gasteiger partial charge in [0, 0.05) is 69.7 Å². The van der Waals surface area contributed by atoms with Crippen molar-refractivity contribution in [3.63, 3.8) is 0 Å². The number of fused-ring (bicyclic) bond motifs is 1. The van der Waals surface area contributed by atoms with E-state index in [2.05, 4.69) is 31.7 Å². The van der Waals surface area contributed by atoms with E-state index in [9.17, 15) is 8.42 Å². The molecule has 41 heavy (non-hydrogen) atoms. The van der Waals surface area contributed by atoms with Gasteiger partial charge in [-0.1, -0.05) is 0 Å². The smallest absolute Gasteiger partial charge is 0.281 e. The van der Waals surface area contributed by atoms with Crippen molar-refractivity contribution in [3.05, 3.63) is 60.7 Å². The molecule has 4 aromatic rings. The van der Waals surface area contributed by atoms with Crippen molar-refractivity contribution in [1.29, 1.82) is 0 Å². The Morgan fingerprint density at radius 3 is 2.49 bits per heavy atom. The van der Waals surface area contributed by atoms with Gasteiger partial charge in [-0.3, -0.25) is 14.4 Å². The number of pyridine rings is 1. The lowest BCUT2D eigenvalue weighted by molar-refractivity contribution is 0.145. The number of sulfonamides is 1. The van der Waals surface area contributed by atoms with Crippen molar-refractivity contribution in [1.82, 2.24) is 24.6 Å². The number of hydrogen-bond acceptors (Lipinski definition) is 9. The van der Waals surface area contributed by atoms with E-state index >= 15 is 4.39 Å². The van der Waals surface area contributed by atoms with Crippen LogP contribution in [0.3, 0.4) is 0 Å². The maximum Gasteiger partial charge on any atom is 0.281 e. The Morgan fingerprint density at radius 2 is 1.78 bits per heavy atom.